The number of nitrogens with zero attached hydrogens (tertiary/aromatic N) is 3. The second kappa shape index (κ2) is 7.25. The largest absolute Gasteiger partial charge is 0.474 e. The molecule has 0 amide bonds. The van der Waals surface area contributed by atoms with Gasteiger partial charge in [-0.05, 0) is 37.8 Å². The van der Waals surface area contributed by atoms with Crippen molar-refractivity contribution >= 4 is 32.4 Å². The number of anilines is 1. The lowest BCUT2D eigenvalue weighted by atomic mass is 10.2. The number of nitrogens with one attached hydrogen (secondary N) is 1. The van der Waals surface area contributed by atoms with E-state index in [1.807, 2.05) is 12.1 Å². The first-order chi connectivity index (χ1) is 12.7. The van der Waals surface area contributed by atoms with Gasteiger partial charge >= 0.3 is 0 Å². The van der Waals surface area contributed by atoms with Crippen LogP contribution in [0.25, 0.3) is 10.2 Å². The van der Waals surface area contributed by atoms with Gasteiger partial charge in [0.05, 0.1) is 15.1 Å². The Morgan fingerprint density at radius 1 is 1.31 bits per heavy atom. The highest BCUT2D eigenvalue weighted by molar-refractivity contribution is 7.22. The average Bonchev–Trinajstić information content (AvgIpc) is 3.29. The van der Waals surface area contributed by atoms with Crippen LogP contribution in [-0.4, -0.2) is 21.0 Å². The fourth-order valence-corrected chi connectivity index (χ4v) is 4.00. The molecule has 7 nitrogen and oxygen atoms in total. The molecule has 1 aliphatic carbocycles. The van der Waals surface area contributed by atoms with Crippen LogP contribution in [0.2, 0.25) is 0 Å². The van der Waals surface area contributed by atoms with Crippen molar-refractivity contribution in [2.24, 2.45) is 0 Å². The van der Waals surface area contributed by atoms with E-state index in [0.717, 1.165) is 33.8 Å². The number of nitro groups is 1. The number of hydrogen-bond acceptors (Lipinski definition) is 7. The summed E-state index contributed by atoms with van der Waals surface area (Å²) in [5.74, 6) is 0.670. The number of thiazole rings is 1. The van der Waals surface area contributed by atoms with Gasteiger partial charge in [0.25, 0.3) is 5.69 Å². The van der Waals surface area contributed by atoms with Crippen LogP contribution in [0, 0.1) is 10.1 Å². The fraction of sp³-hybridized carbons (Fsp3) is 0.333. The third-order valence-corrected chi connectivity index (χ3v) is 5.42. The molecule has 0 unspecified atom stereocenters. The van der Waals surface area contributed by atoms with Gasteiger partial charge in [-0.15, -0.1) is 0 Å². The Bertz CT molecular complexity index is 937. The Hall–Kier alpha value is -2.74. The monoisotopic (exact) mass is 370 g/mol. The van der Waals surface area contributed by atoms with E-state index < -0.39 is 4.92 Å². The number of nitro benzene ring substituents is 1. The molecular weight excluding hydrogens is 352 g/mol. The van der Waals surface area contributed by atoms with E-state index in [0.29, 0.717) is 12.4 Å². The third kappa shape index (κ3) is 3.60. The molecule has 0 saturated heterocycles. The van der Waals surface area contributed by atoms with Crippen LogP contribution in [0.3, 0.4) is 0 Å². The first-order valence-electron chi connectivity index (χ1n) is 8.58. The summed E-state index contributed by atoms with van der Waals surface area (Å²) in [4.78, 5) is 19.4. The molecule has 0 radical (unpaired) electrons. The lowest BCUT2D eigenvalue weighted by Gasteiger charge is -2.15. The van der Waals surface area contributed by atoms with Crippen LogP contribution in [0.5, 0.6) is 5.88 Å². The van der Waals surface area contributed by atoms with E-state index in [2.05, 4.69) is 15.3 Å². The molecule has 4 rings (SSSR count). The summed E-state index contributed by atoms with van der Waals surface area (Å²) in [6, 6.07) is 8.58. The van der Waals surface area contributed by atoms with Gasteiger partial charge in [-0.1, -0.05) is 17.4 Å². The van der Waals surface area contributed by atoms with Gasteiger partial charge in [-0.25, -0.2) is 9.97 Å². The smallest absolute Gasteiger partial charge is 0.270 e. The van der Waals surface area contributed by atoms with Gasteiger partial charge in [0.2, 0.25) is 5.88 Å². The van der Waals surface area contributed by atoms with Gasteiger partial charge in [0.1, 0.15) is 6.10 Å². The molecule has 26 heavy (non-hydrogen) atoms. The zero-order chi connectivity index (χ0) is 17.9. The van der Waals surface area contributed by atoms with E-state index >= 15 is 0 Å². The van der Waals surface area contributed by atoms with Crippen molar-refractivity contribution in [1.82, 2.24) is 9.97 Å². The molecule has 0 atom stereocenters. The molecule has 3 aromatic rings. The predicted molar refractivity (Wildman–Crippen MR) is 101 cm³/mol. The molecule has 8 heteroatoms. The van der Waals surface area contributed by atoms with Gasteiger partial charge in [-0.2, -0.15) is 0 Å². The van der Waals surface area contributed by atoms with Crippen molar-refractivity contribution in [3.8, 4) is 5.88 Å². The van der Waals surface area contributed by atoms with E-state index in [1.54, 1.807) is 18.3 Å². The molecule has 2 heterocycles. The van der Waals surface area contributed by atoms with Crippen LogP contribution in [0.1, 0.15) is 31.2 Å². The standard InChI is InChI=1S/C18H18N4O3S/c23-22(24)13-7-8-15-16(10-13)26-18(21-15)20-11-12-4-3-9-19-17(12)25-14-5-1-2-6-14/h3-4,7-10,14H,1-2,5-6,11H2,(H,20,21). The molecule has 1 aromatic carbocycles. The average molecular weight is 370 g/mol. The highest BCUT2D eigenvalue weighted by Crippen LogP contribution is 2.30. The molecule has 134 valence electrons. The summed E-state index contributed by atoms with van der Waals surface area (Å²) in [7, 11) is 0. The number of non-ortho nitro benzene ring substituents is 1. The highest BCUT2D eigenvalue weighted by atomic mass is 32.1. The Morgan fingerprint density at radius 3 is 2.96 bits per heavy atom. The summed E-state index contributed by atoms with van der Waals surface area (Å²) >= 11 is 1.40. The minimum absolute atomic E-state index is 0.0761. The number of fused-ring (bicyclic) bond motifs is 1. The molecule has 0 spiro atoms. The van der Waals surface area contributed by atoms with Gasteiger partial charge in [0, 0.05) is 30.4 Å². The number of rotatable bonds is 6. The topological polar surface area (TPSA) is 90.2 Å². The summed E-state index contributed by atoms with van der Waals surface area (Å²) in [6.07, 6.45) is 6.59. The first-order valence-corrected chi connectivity index (χ1v) is 9.40. The zero-order valence-corrected chi connectivity index (χ0v) is 14.9. The van der Waals surface area contributed by atoms with Gasteiger partial charge < -0.3 is 10.1 Å². The van der Waals surface area contributed by atoms with E-state index in [4.69, 9.17) is 4.74 Å². The Labute approximate surface area is 154 Å². The van der Waals surface area contributed by atoms with E-state index in [1.165, 1.54) is 30.2 Å². The number of aromatic nitrogens is 2. The normalized spacial score (nSPS) is 14.6. The molecule has 0 bridgehead atoms. The highest BCUT2D eigenvalue weighted by Gasteiger charge is 2.18. The van der Waals surface area contributed by atoms with Crippen molar-refractivity contribution in [1.29, 1.82) is 0 Å². The maximum Gasteiger partial charge on any atom is 0.270 e. The second-order valence-corrected chi connectivity index (χ2v) is 7.30. The summed E-state index contributed by atoms with van der Waals surface area (Å²) in [5.41, 5.74) is 1.80. The van der Waals surface area contributed by atoms with E-state index in [9.17, 15) is 10.1 Å². The quantitative estimate of drug-likeness (QED) is 0.506. The fourth-order valence-electron chi connectivity index (χ4n) is 3.10. The maximum atomic E-state index is 10.9. The molecular formula is C18H18N4O3S. The van der Waals surface area contributed by atoms with Crippen molar-refractivity contribution in [3.63, 3.8) is 0 Å². The van der Waals surface area contributed by atoms with Crippen molar-refractivity contribution in [3.05, 3.63) is 52.2 Å². The van der Waals surface area contributed by atoms with Crippen molar-refractivity contribution < 1.29 is 9.66 Å². The SMILES string of the molecule is O=[N+]([O-])c1ccc2nc(NCc3cccnc3OC3CCCC3)sc2c1. The van der Waals surface area contributed by atoms with Crippen molar-refractivity contribution in [2.45, 2.75) is 38.3 Å². The minimum atomic E-state index is -0.394. The lowest BCUT2D eigenvalue weighted by molar-refractivity contribution is -0.384. The van der Waals surface area contributed by atoms with Crippen LogP contribution in [-0.2, 0) is 6.54 Å². The van der Waals surface area contributed by atoms with Gasteiger partial charge in [-0.3, -0.25) is 10.1 Å². The Morgan fingerprint density at radius 2 is 2.15 bits per heavy atom. The predicted octanol–water partition coefficient (Wildman–Crippen LogP) is 4.53. The van der Waals surface area contributed by atoms with Crippen LogP contribution in [0.15, 0.2) is 36.5 Å². The maximum absolute atomic E-state index is 10.9. The number of hydrogen-bond donors (Lipinski definition) is 1. The first kappa shape index (κ1) is 16.7. The van der Waals surface area contributed by atoms with Crippen LogP contribution < -0.4 is 10.1 Å². The van der Waals surface area contributed by atoms with Crippen LogP contribution in [0.4, 0.5) is 10.8 Å². The molecule has 1 N–H and O–H groups in total. The summed E-state index contributed by atoms with van der Waals surface area (Å²) < 4.78 is 6.84. The van der Waals surface area contributed by atoms with Gasteiger partial charge in [0.15, 0.2) is 5.13 Å². The molecule has 0 aliphatic heterocycles. The number of ether oxygens (including phenoxy) is 1. The molecule has 2 aromatic heterocycles. The minimum Gasteiger partial charge on any atom is -0.474 e. The van der Waals surface area contributed by atoms with Crippen LogP contribution >= 0.6 is 11.3 Å². The number of pyridine rings is 1. The summed E-state index contributed by atoms with van der Waals surface area (Å²) in [6.45, 7) is 0.539. The third-order valence-electron chi connectivity index (χ3n) is 4.44. The zero-order valence-electron chi connectivity index (χ0n) is 14.1. The Balaban J connectivity index is 1.48. The molecule has 1 aliphatic rings. The molecule has 1 saturated carbocycles. The molecule has 1 fully saturated rings. The summed E-state index contributed by atoms with van der Waals surface area (Å²) in [5, 5.41) is 14.9. The number of benzene rings is 1. The second-order valence-electron chi connectivity index (χ2n) is 6.27. The Kier molecular flexibility index (Phi) is 4.66. The lowest BCUT2D eigenvalue weighted by Crippen LogP contribution is -2.14. The van der Waals surface area contributed by atoms with E-state index in [-0.39, 0.29) is 11.8 Å². The van der Waals surface area contributed by atoms with Crippen molar-refractivity contribution in [2.75, 3.05) is 5.32 Å².